The van der Waals surface area contributed by atoms with Crippen molar-refractivity contribution in [1.29, 1.82) is 5.26 Å². The summed E-state index contributed by atoms with van der Waals surface area (Å²) in [5, 5.41) is 11.5. The summed E-state index contributed by atoms with van der Waals surface area (Å²) >= 11 is 0. The Morgan fingerprint density at radius 3 is 1.87 bits per heavy atom. The first-order valence-corrected chi connectivity index (χ1v) is 19.6. The molecule has 5 nitrogen and oxygen atoms in total. The highest BCUT2D eigenvalue weighted by Gasteiger charge is 2.51. The predicted molar refractivity (Wildman–Crippen MR) is 219 cm³/mol. The summed E-state index contributed by atoms with van der Waals surface area (Å²) in [7, 11) is 0. The maximum atomic E-state index is 9.50. The maximum absolute atomic E-state index is 9.50. The molecule has 0 saturated heterocycles. The lowest BCUT2D eigenvalue weighted by molar-refractivity contribution is -0.00518. The van der Waals surface area contributed by atoms with Gasteiger partial charge in [0.1, 0.15) is 11.2 Å². The highest BCUT2D eigenvalue weighted by molar-refractivity contribution is 6.12. The SMILES string of the molecule is N#Cc1ccc2c(c1)oc1cccc(-c3cccc(-c4nc(-c5ccc(C67C[C@H]8C[C@H](C6)C[C@@H](C7)C8)cc5)nc(-c5ccccc5-c5ccccc5)n4)c3)c12. The molecule has 0 unspecified atom stereocenters. The molecular weight excluding hydrogens is 673 g/mol. The molecule has 4 aliphatic carbocycles. The lowest BCUT2D eigenvalue weighted by Gasteiger charge is -2.57. The van der Waals surface area contributed by atoms with Crippen molar-refractivity contribution in [2.45, 2.75) is 43.9 Å². The van der Waals surface area contributed by atoms with Gasteiger partial charge in [-0.25, -0.2) is 15.0 Å². The average molecular weight is 711 g/mol. The fourth-order valence-corrected chi connectivity index (χ4v) is 10.7. The number of fused-ring (bicyclic) bond motifs is 3. The van der Waals surface area contributed by atoms with Gasteiger partial charge in [-0.15, -0.1) is 0 Å². The number of furan rings is 1. The first kappa shape index (κ1) is 32.1. The van der Waals surface area contributed by atoms with E-state index in [0.717, 1.165) is 73.1 Å². The van der Waals surface area contributed by atoms with Gasteiger partial charge >= 0.3 is 0 Å². The van der Waals surface area contributed by atoms with E-state index in [1.807, 2.05) is 36.4 Å². The summed E-state index contributed by atoms with van der Waals surface area (Å²) in [6.07, 6.45) is 8.35. The summed E-state index contributed by atoms with van der Waals surface area (Å²) < 4.78 is 6.24. The molecule has 0 spiro atoms. The van der Waals surface area contributed by atoms with E-state index in [2.05, 4.69) is 109 Å². The third-order valence-electron chi connectivity index (χ3n) is 12.7. The molecule has 8 aromatic rings. The lowest BCUT2D eigenvalue weighted by Crippen LogP contribution is -2.48. The molecule has 4 fully saturated rings. The van der Waals surface area contributed by atoms with Gasteiger partial charge in [0.25, 0.3) is 0 Å². The van der Waals surface area contributed by atoms with Crippen LogP contribution in [0.25, 0.3) is 78.4 Å². The maximum Gasteiger partial charge on any atom is 0.164 e. The van der Waals surface area contributed by atoms with E-state index in [0.29, 0.717) is 34.0 Å². The van der Waals surface area contributed by atoms with Gasteiger partial charge in [0.05, 0.1) is 11.6 Å². The van der Waals surface area contributed by atoms with E-state index in [9.17, 15) is 5.26 Å². The Bertz CT molecular complexity index is 2780. The molecule has 5 heteroatoms. The van der Waals surface area contributed by atoms with Gasteiger partial charge in [0.15, 0.2) is 17.5 Å². The van der Waals surface area contributed by atoms with Crippen LogP contribution in [-0.4, -0.2) is 15.0 Å². The molecule has 6 aromatic carbocycles. The Kier molecular flexibility index (Phi) is 7.35. The minimum Gasteiger partial charge on any atom is -0.456 e. The number of rotatable bonds is 6. The average Bonchev–Trinajstić information content (AvgIpc) is 3.62. The second-order valence-electron chi connectivity index (χ2n) is 16.2. The highest BCUT2D eigenvalue weighted by Crippen LogP contribution is 2.60. The third-order valence-corrected chi connectivity index (χ3v) is 12.7. The second-order valence-corrected chi connectivity index (χ2v) is 16.2. The van der Waals surface area contributed by atoms with E-state index in [1.54, 1.807) is 0 Å². The van der Waals surface area contributed by atoms with Crippen molar-refractivity contribution in [1.82, 2.24) is 15.0 Å². The first-order chi connectivity index (χ1) is 27.1. The van der Waals surface area contributed by atoms with Crippen LogP contribution in [0.1, 0.15) is 49.7 Å². The Morgan fingerprint density at radius 1 is 0.509 bits per heavy atom. The van der Waals surface area contributed by atoms with Crippen LogP contribution in [-0.2, 0) is 5.41 Å². The van der Waals surface area contributed by atoms with E-state index < -0.39 is 0 Å². The van der Waals surface area contributed by atoms with E-state index in [-0.39, 0.29) is 0 Å². The second kappa shape index (κ2) is 12.6. The van der Waals surface area contributed by atoms with Crippen LogP contribution < -0.4 is 0 Å². The molecule has 55 heavy (non-hydrogen) atoms. The summed E-state index contributed by atoms with van der Waals surface area (Å²) in [4.78, 5) is 15.6. The van der Waals surface area contributed by atoms with Crippen molar-refractivity contribution in [3.8, 4) is 62.5 Å². The molecule has 0 aliphatic heterocycles. The Hall–Kier alpha value is -6.38. The van der Waals surface area contributed by atoms with Crippen molar-refractivity contribution >= 4 is 21.9 Å². The topological polar surface area (TPSA) is 75.6 Å². The standard InChI is InChI=1S/C50H38N4O/c51-30-31-16-21-43-45(25-31)55-44-15-7-14-41(46(43)44)37-10-6-11-38(26-37)48-52-47(53-49(54-48)42-13-5-4-12-40(42)35-8-2-1-3-9-35)36-17-19-39(20-18-36)50-27-32-22-33(28-50)24-34(23-32)29-50/h1-21,25-26,32-34H,22-24,27-29H2/t32-,33-,34-,50?. The smallest absolute Gasteiger partial charge is 0.164 e. The van der Waals surface area contributed by atoms with Crippen LogP contribution in [0.4, 0.5) is 0 Å². The lowest BCUT2D eigenvalue weighted by atomic mass is 9.48. The molecule has 264 valence electrons. The quantitative estimate of drug-likeness (QED) is 0.172. The first-order valence-electron chi connectivity index (χ1n) is 19.6. The molecule has 0 atom stereocenters. The number of hydrogen-bond acceptors (Lipinski definition) is 5. The Balaban J connectivity index is 1.04. The van der Waals surface area contributed by atoms with Crippen LogP contribution in [0.2, 0.25) is 0 Å². The van der Waals surface area contributed by atoms with Crippen molar-refractivity contribution in [2.24, 2.45) is 17.8 Å². The minimum atomic E-state index is 0.332. The number of nitrogens with zero attached hydrogens (tertiary/aromatic N) is 4. The van der Waals surface area contributed by atoms with Crippen LogP contribution in [0.15, 0.2) is 144 Å². The summed E-state index contributed by atoms with van der Waals surface area (Å²) in [5.74, 6) is 4.63. The zero-order valence-corrected chi connectivity index (χ0v) is 30.5. The number of hydrogen-bond donors (Lipinski definition) is 0. The monoisotopic (exact) mass is 710 g/mol. The summed E-state index contributed by atoms with van der Waals surface area (Å²) in [6.45, 7) is 0. The van der Waals surface area contributed by atoms with E-state index in [4.69, 9.17) is 19.4 Å². The molecule has 4 aliphatic rings. The van der Waals surface area contributed by atoms with Gasteiger partial charge < -0.3 is 4.42 Å². The summed E-state index contributed by atoms with van der Waals surface area (Å²) in [5.41, 5.74) is 11.0. The molecule has 2 heterocycles. The van der Waals surface area contributed by atoms with Gasteiger partial charge in [-0.3, -0.25) is 0 Å². The van der Waals surface area contributed by atoms with Crippen molar-refractivity contribution in [2.75, 3.05) is 0 Å². The largest absolute Gasteiger partial charge is 0.456 e. The number of nitriles is 1. The molecule has 0 radical (unpaired) electrons. The zero-order valence-electron chi connectivity index (χ0n) is 30.5. The van der Waals surface area contributed by atoms with Gasteiger partial charge in [-0.2, -0.15) is 5.26 Å². The fourth-order valence-electron chi connectivity index (χ4n) is 10.7. The van der Waals surface area contributed by atoms with Gasteiger partial charge in [0, 0.05) is 27.5 Å². The van der Waals surface area contributed by atoms with Crippen molar-refractivity contribution in [3.63, 3.8) is 0 Å². The normalized spacial score (nSPS) is 21.3. The van der Waals surface area contributed by atoms with Crippen LogP contribution >= 0.6 is 0 Å². The predicted octanol–water partition coefficient (Wildman–Crippen LogP) is 12.4. The number of aromatic nitrogens is 3. The fraction of sp³-hybridized carbons (Fsp3) is 0.200. The Labute approximate surface area is 320 Å². The van der Waals surface area contributed by atoms with Crippen molar-refractivity contribution in [3.05, 3.63) is 151 Å². The summed E-state index contributed by atoms with van der Waals surface area (Å²) in [6, 6.07) is 50.5. The molecule has 2 aromatic heterocycles. The minimum absolute atomic E-state index is 0.332. The van der Waals surface area contributed by atoms with Crippen LogP contribution in [0.5, 0.6) is 0 Å². The van der Waals surface area contributed by atoms with Crippen LogP contribution in [0, 0.1) is 29.1 Å². The third kappa shape index (κ3) is 5.47. The van der Waals surface area contributed by atoms with Crippen LogP contribution in [0.3, 0.4) is 0 Å². The Morgan fingerprint density at radius 2 is 1.13 bits per heavy atom. The molecule has 0 N–H and O–H groups in total. The van der Waals surface area contributed by atoms with E-state index >= 15 is 0 Å². The van der Waals surface area contributed by atoms with E-state index in [1.165, 1.54) is 44.1 Å². The van der Waals surface area contributed by atoms with Gasteiger partial charge in [-0.1, -0.05) is 109 Å². The van der Waals surface area contributed by atoms with Gasteiger partial charge in [0.2, 0.25) is 0 Å². The molecule has 12 rings (SSSR count). The molecular formula is C50H38N4O. The molecule has 4 bridgehead atoms. The molecule has 4 saturated carbocycles. The molecule has 0 amide bonds. The number of benzene rings is 6. The highest BCUT2D eigenvalue weighted by atomic mass is 16.3. The van der Waals surface area contributed by atoms with Crippen molar-refractivity contribution < 1.29 is 4.42 Å². The zero-order chi connectivity index (χ0) is 36.5. The van der Waals surface area contributed by atoms with Gasteiger partial charge in [-0.05, 0) is 120 Å².